The van der Waals surface area contributed by atoms with Crippen LogP contribution in [0.15, 0.2) is 53.4 Å². The summed E-state index contributed by atoms with van der Waals surface area (Å²) in [4.78, 5) is 36.0. The van der Waals surface area contributed by atoms with Crippen molar-refractivity contribution in [2.45, 2.75) is 50.3 Å². The van der Waals surface area contributed by atoms with Gasteiger partial charge >= 0.3 is 0 Å². The Morgan fingerprint density at radius 1 is 1.18 bits per heavy atom. The smallest absolute Gasteiger partial charge is 0.229 e. The van der Waals surface area contributed by atoms with Crippen LogP contribution in [-0.4, -0.2) is 32.5 Å². The lowest BCUT2D eigenvalue weighted by Crippen LogP contribution is -2.39. The number of anilines is 1. The highest BCUT2D eigenvalue weighted by Gasteiger charge is 2.42. The number of nitrogens with one attached hydrogen (secondary N) is 1. The summed E-state index contributed by atoms with van der Waals surface area (Å²) in [5, 5.41) is 12.7. The predicted octanol–water partition coefficient (Wildman–Crippen LogP) is 4.87. The van der Waals surface area contributed by atoms with Crippen molar-refractivity contribution in [3.63, 3.8) is 0 Å². The number of aryl methyl sites for hydroxylation is 2. The fraction of sp³-hybridized carbons (Fsp3) is 0.308. The summed E-state index contributed by atoms with van der Waals surface area (Å²) in [6.07, 6.45) is 1.37. The standard InChI is InChI=1S/C26H27N3O3S/c1-4-33-18-10-8-17(9-11-18)15-23(31)29-21-14-16(2)24-19(27-21)12-13-26(3,25(24)32)20-6-5-7-22(30)28-20/h5-11,14H,4,12-13,15H2,1-3H3,(H,28,30)(H,27,29,31). The molecule has 7 heteroatoms. The minimum absolute atomic E-state index is 0.0604. The summed E-state index contributed by atoms with van der Waals surface area (Å²) < 4.78 is 0. The number of pyridine rings is 2. The number of hydrogen-bond acceptors (Lipinski definition) is 6. The van der Waals surface area contributed by atoms with E-state index in [1.54, 1.807) is 30.0 Å². The minimum atomic E-state index is -0.828. The van der Waals surface area contributed by atoms with Gasteiger partial charge in [-0.2, -0.15) is 0 Å². The predicted molar refractivity (Wildman–Crippen MR) is 130 cm³/mol. The van der Waals surface area contributed by atoms with Crippen LogP contribution in [0.5, 0.6) is 5.88 Å². The molecule has 0 radical (unpaired) electrons. The van der Waals surface area contributed by atoms with Gasteiger partial charge in [-0.1, -0.05) is 25.1 Å². The van der Waals surface area contributed by atoms with Crippen LogP contribution in [-0.2, 0) is 23.1 Å². The summed E-state index contributed by atoms with van der Waals surface area (Å²) in [7, 11) is 0. The first-order valence-electron chi connectivity index (χ1n) is 11.0. The third kappa shape index (κ3) is 4.78. The highest BCUT2D eigenvalue weighted by Crippen LogP contribution is 2.39. The second-order valence-corrected chi connectivity index (χ2v) is 9.83. The maximum absolute atomic E-state index is 13.5. The zero-order chi connectivity index (χ0) is 23.6. The molecule has 4 rings (SSSR count). The molecule has 0 bridgehead atoms. The van der Waals surface area contributed by atoms with Crippen molar-refractivity contribution in [2.75, 3.05) is 11.1 Å². The zero-order valence-electron chi connectivity index (χ0n) is 19.0. The van der Waals surface area contributed by atoms with E-state index in [9.17, 15) is 14.7 Å². The summed E-state index contributed by atoms with van der Waals surface area (Å²) in [5.41, 5.74) is 2.70. The summed E-state index contributed by atoms with van der Waals surface area (Å²) in [6.45, 7) is 5.83. The van der Waals surface area contributed by atoms with Crippen LogP contribution in [0.1, 0.15) is 53.1 Å². The van der Waals surface area contributed by atoms with Gasteiger partial charge in [-0.05, 0) is 67.8 Å². The lowest BCUT2D eigenvalue weighted by molar-refractivity contribution is -0.115. The number of Topliss-reactive ketones (excluding diaryl/α,β-unsaturated/α-hetero) is 1. The van der Waals surface area contributed by atoms with E-state index in [1.807, 2.05) is 38.1 Å². The number of carbonyl (C=O) groups is 2. The Morgan fingerprint density at radius 3 is 2.64 bits per heavy atom. The molecule has 0 aliphatic heterocycles. The van der Waals surface area contributed by atoms with Crippen molar-refractivity contribution in [2.24, 2.45) is 0 Å². The van der Waals surface area contributed by atoms with Crippen LogP contribution in [0.25, 0.3) is 0 Å². The van der Waals surface area contributed by atoms with Crippen LogP contribution < -0.4 is 5.32 Å². The van der Waals surface area contributed by atoms with Gasteiger partial charge in [0.25, 0.3) is 0 Å². The maximum atomic E-state index is 13.5. The number of benzene rings is 1. The minimum Gasteiger partial charge on any atom is -0.493 e. The van der Waals surface area contributed by atoms with Gasteiger partial charge in [0.1, 0.15) is 5.82 Å². The number of hydrogen-bond donors (Lipinski definition) is 2. The number of rotatable bonds is 6. The SMILES string of the molecule is CCSc1ccc(CC(=O)Nc2cc(C)c3c(n2)CCC(C)(c2cccc(O)n2)C3=O)cc1. The monoisotopic (exact) mass is 461 g/mol. The van der Waals surface area contributed by atoms with Gasteiger partial charge < -0.3 is 10.4 Å². The average molecular weight is 462 g/mol. The molecule has 1 aromatic carbocycles. The number of ketones is 1. The molecule has 0 fully saturated rings. The van der Waals surface area contributed by atoms with E-state index < -0.39 is 5.41 Å². The van der Waals surface area contributed by atoms with E-state index in [0.29, 0.717) is 35.6 Å². The average Bonchev–Trinajstić information content (AvgIpc) is 2.78. The Kier molecular flexibility index (Phi) is 6.51. The fourth-order valence-electron chi connectivity index (χ4n) is 4.27. The molecule has 0 spiro atoms. The molecule has 0 saturated carbocycles. The van der Waals surface area contributed by atoms with E-state index >= 15 is 0 Å². The first-order chi connectivity index (χ1) is 15.8. The Bertz CT molecular complexity index is 1210. The van der Waals surface area contributed by atoms with Crippen LogP contribution >= 0.6 is 11.8 Å². The van der Waals surface area contributed by atoms with Gasteiger partial charge in [-0.3, -0.25) is 9.59 Å². The highest BCUT2D eigenvalue weighted by molar-refractivity contribution is 7.99. The lowest BCUT2D eigenvalue weighted by atomic mass is 9.70. The number of nitrogens with zero attached hydrogens (tertiary/aromatic N) is 2. The molecule has 1 atom stereocenters. The van der Waals surface area contributed by atoms with Crippen LogP contribution in [0.2, 0.25) is 0 Å². The molecule has 2 heterocycles. The van der Waals surface area contributed by atoms with Gasteiger partial charge in [0, 0.05) is 16.5 Å². The third-order valence-electron chi connectivity index (χ3n) is 6.05. The molecule has 1 aliphatic rings. The van der Waals surface area contributed by atoms with Crippen molar-refractivity contribution >= 4 is 29.3 Å². The maximum Gasteiger partial charge on any atom is 0.229 e. The molecule has 33 heavy (non-hydrogen) atoms. The second kappa shape index (κ2) is 9.35. The Hall–Kier alpha value is -3.19. The van der Waals surface area contributed by atoms with Crippen LogP contribution in [0.3, 0.4) is 0 Å². The van der Waals surface area contributed by atoms with Gasteiger partial charge in [0.05, 0.1) is 23.2 Å². The molecule has 2 aromatic heterocycles. The first-order valence-corrected chi connectivity index (χ1v) is 12.0. The van der Waals surface area contributed by atoms with Gasteiger partial charge in [0.2, 0.25) is 11.8 Å². The molecular formula is C26H27N3O3S. The number of aromatic nitrogens is 2. The Morgan fingerprint density at radius 2 is 1.94 bits per heavy atom. The number of carbonyl (C=O) groups excluding carboxylic acids is 2. The molecule has 3 aromatic rings. The van der Waals surface area contributed by atoms with Gasteiger partial charge in [0.15, 0.2) is 5.78 Å². The van der Waals surface area contributed by atoms with Crippen molar-refractivity contribution in [1.29, 1.82) is 0 Å². The molecule has 1 unspecified atom stereocenters. The Labute approximate surface area is 197 Å². The molecule has 2 N–H and O–H groups in total. The summed E-state index contributed by atoms with van der Waals surface area (Å²) >= 11 is 1.76. The molecule has 1 aliphatic carbocycles. The van der Waals surface area contributed by atoms with Crippen molar-refractivity contribution in [3.05, 3.63) is 76.6 Å². The van der Waals surface area contributed by atoms with Crippen molar-refractivity contribution < 1.29 is 14.7 Å². The topological polar surface area (TPSA) is 92.2 Å². The van der Waals surface area contributed by atoms with E-state index in [-0.39, 0.29) is 24.0 Å². The third-order valence-corrected chi connectivity index (χ3v) is 6.94. The quantitative estimate of drug-likeness (QED) is 0.509. The van der Waals surface area contributed by atoms with E-state index in [1.165, 1.54) is 11.0 Å². The van der Waals surface area contributed by atoms with Crippen molar-refractivity contribution in [3.8, 4) is 5.88 Å². The number of fused-ring (bicyclic) bond motifs is 1. The molecule has 170 valence electrons. The number of thioether (sulfide) groups is 1. The van der Waals surface area contributed by atoms with E-state index in [4.69, 9.17) is 0 Å². The lowest BCUT2D eigenvalue weighted by Gasteiger charge is -2.33. The van der Waals surface area contributed by atoms with Crippen LogP contribution in [0, 0.1) is 6.92 Å². The zero-order valence-corrected chi connectivity index (χ0v) is 19.8. The van der Waals surface area contributed by atoms with E-state index in [2.05, 4.69) is 22.2 Å². The van der Waals surface area contributed by atoms with Gasteiger partial charge in [-0.15, -0.1) is 11.8 Å². The molecule has 6 nitrogen and oxygen atoms in total. The molecule has 1 amide bonds. The largest absolute Gasteiger partial charge is 0.493 e. The van der Waals surface area contributed by atoms with Crippen LogP contribution in [0.4, 0.5) is 5.82 Å². The molecular weight excluding hydrogens is 434 g/mol. The summed E-state index contributed by atoms with van der Waals surface area (Å²) in [5.74, 6) is 1.17. The second-order valence-electron chi connectivity index (χ2n) is 8.49. The van der Waals surface area contributed by atoms with Crippen molar-refractivity contribution in [1.82, 2.24) is 9.97 Å². The first kappa shape index (κ1) is 23.0. The number of aromatic hydroxyl groups is 1. The molecule has 0 saturated heterocycles. The van der Waals surface area contributed by atoms with Gasteiger partial charge in [-0.25, -0.2) is 9.97 Å². The number of amides is 1. The summed E-state index contributed by atoms with van der Waals surface area (Å²) in [6, 6.07) is 14.7. The Balaban J connectivity index is 1.52. The highest BCUT2D eigenvalue weighted by atomic mass is 32.2. The fourth-order valence-corrected chi connectivity index (χ4v) is 4.93. The van der Waals surface area contributed by atoms with E-state index in [0.717, 1.165) is 16.9 Å². The normalized spacial score (nSPS) is 17.5.